The minimum Gasteiger partial charge on any atom is -0.494 e. The van der Waals surface area contributed by atoms with Gasteiger partial charge in [-0.15, -0.1) is 0 Å². The largest absolute Gasteiger partial charge is 0.494 e. The summed E-state index contributed by atoms with van der Waals surface area (Å²) in [6, 6.07) is 10.6. The molecule has 5 rings (SSSR count). The molecule has 1 aliphatic carbocycles. The summed E-state index contributed by atoms with van der Waals surface area (Å²) in [7, 11) is 0. The molecule has 1 unspecified atom stereocenters. The van der Waals surface area contributed by atoms with Crippen LogP contribution in [0.4, 0.5) is 0 Å². The van der Waals surface area contributed by atoms with Crippen LogP contribution in [-0.4, -0.2) is 59.0 Å². The van der Waals surface area contributed by atoms with E-state index in [1.807, 2.05) is 29.0 Å². The molecule has 1 saturated heterocycles. The lowest BCUT2D eigenvalue weighted by atomic mass is 9.88. The fraction of sp³-hybridized carbons (Fsp3) is 0.423. The van der Waals surface area contributed by atoms with Crippen LogP contribution in [0.5, 0.6) is 5.75 Å². The van der Waals surface area contributed by atoms with Crippen LogP contribution >= 0.6 is 0 Å². The Morgan fingerprint density at radius 3 is 2.79 bits per heavy atom. The van der Waals surface area contributed by atoms with E-state index >= 15 is 0 Å². The third kappa shape index (κ3) is 4.92. The van der Waals surface area contributed by atoms with Crippen molar-refractivity contribution in [3.8, 4) is 22.9 Å². The Hall–Kier alpha value is -3.21. The summed E-state index contributed by atoms with van der Waals surface area (Å²) in [6.45, 7) is 5.45. The summed E-state index contributed by atoms with van der Waals surface area (Å²) in [5, 5.41) is 13.8. The van der Waals surface area contributed by atoms with Crippen LogP contribution < -0.4 is 4.74 Å². The van der Waals surface area contributed by atoms with Crippen LogP contribution in [-0.2, 0) is 4.74 Å². The van der Waals surface area contributed by atoms with Gasteiger partial charge in [0.25, 0.3) is 0 Å². The SMILES string of the molecule is N#CC1CC=C(c2nccn3ncc(-c4ccc(OCCCN5CCOCC5)cc4)c23)CC1. The highest BCUT2D eigenvalue weighted by atomic mass is 16.5. The number of rotatable bonds is 7. The quantitative estimate of drug-likeness (QED) is 0.510. The van der Waals surface area contributed by atoms with Crippen LogP contribution in [0.1, 0.15) is 31.4 Å². The van der Waals surface area contributed by atoms with Crippen molar-refractivity contribution < 1.29 is 9.47 Å². The summed E-state index contributed by atoms with van der Waals surface area (Å²) in [6.07, 6.45) is 11.3. The first-order valence-corrected chi connectivity index (χ1v) is 11.8. The smallest absolute Gasteiger partial charge is 0.119 e. The molecular weight excluding hydrogens is 414 g/mol. The van der Waals surface area contributed by atoms with Crippen LogP contribution in [0.15, 0.2) is 48.9 Å². The Morgan fingerprint density at radius 1 is 1.18 bits per heavy atom. The summed E-state index contributed by atoms with van der Waals surface area (Å²) >= 11 is 0. The van der Waals surface area contributed by atoms with E-state index in [-0.39, 0.29) is 5.92 Å². The lowest BCUT2D eigenvalue weighted by Gasteiger charge is -2.26. The molecule has 0 amide bonds. The van der Waals surface area contributed by atoms with Crippen molar-refractivity contribution in [1.82, 2.24) is 19.5 Å². The number of benzene rings is 1. The summed E-state index contributed by atoms with van der Waals surface area (Å²) < 4.78 is 13.3. The summed E-state index contributed by atoms with van der Waals surface area (Å²) in [5.41, 5.74) is 5.32. The normalized spacial score (nSPS) is 19.2. The number of hydrogen-bond acceptors (Lipinski definition) is 6. The molecule has 7 nitrogen and oxygen atoms in total. The van der Waals surface area contributed by atoms with E-state index in [0.717, 1.165) is 86.6 Å². The van der Waals surface area contributed by atoms with Crippen molar-refractivity contribution >= 4 is 11.1 Å². The summed E-state index contributed by atoms with van der Waals surface area (Å²) in [4.78, 5) is 7.12. The molecule has 2 aliphatic rings. The number of hydrogen-bond donors (Lipinski definition) is 0. The molecule has 1 fully saturated rings. The van der Waals surface area contributed by atoms with E-state index < -0.39 is 0 Å². The molecule has 3 heterocycles. The Balaban J connectivity index is 1.28. The van der Waals surface area contributed by atoms with Gasteiger partial charge in [-0.2, -0.15) is 10.4 Å². The van der Waals surface area contributed by atoms with Crippen molar-refractivity contribution in [2.75, 3.05) is 39.5 Å². The summed E-state index contributed by atoms with van der Waals surface area (Å²) in [5.74, 6) is 0.993. The van der Waals surface area contributed by atoms with Gasteiger partial charge in [0.1, 0.15) is 5.75 Å². The van der Waals surface area contributed by atoms with Gasteiger partial charge in [-0.1, -0.05) is 18.2 Å². The number of ether oxygens (including phenoxy) is 2. The molecule has 7 heteroatoms. The molecule has 3 aromatic rings. The lowest BCUT2D eigenvalue weighted by Crippen LogP contribution is -2.37. The van der Waals surface area contributed by atoms with Gasteiger partial charge >= 0.3 is 0 Å². The minimum atomic E-state index is 0.110. The highest BCUT2D eigenvalue weighted by Gasteiger charge is 2.20. The van der Waals surface area contributed by atoms with Crippen LogP contribution in [0.25, 0.3) is 22.2 Å². The second-order valence-corrected chi connectivity index (χ2v) is 8.64. The van der Waals surface area contributed by atoms with Crippen LogP contribution in [0.2, 0.25) is 0 Å². The molecular formula is C26H29N5O2. The Morgan fingerprint density at radius 2 is 2.03 bits per heavy atom. The second kappa shape index (κ2) is 10.2. The molecule has 0 bridgehead atoms. The van der Waals surface area contributed by atoms with E-state index in [9.17, 15) is 5.26 Å². The zero-order chi connectivity index (χ0) is 22.5. The zero-order valence-electron chi connectivity index (χ0n) is 18.8. The average molecular weight is 444 g/mol. The fourth-order valence-corrected chi connectivity index (χ4v) is 4.59. The first-order chi connectivity index (χ1) is 16.3. The number of allylic oxidation sites excluding steroid dienone is 2. The Kier molecular flexibility index (Phi) is 6.66. The molecule has 1 aromatic carbocycles. The maximum atomic E-state index is 9.20. The molecule has 0 N–H and O–H groups in total. The van der Waals surface area contributed by atoms with Gasteiger partial charge in [-0.25, -0.2) is 4.52 Å². The molecule has 0 spiro atoms. The predicted molar refractivity (Wildman–Crippen MR) is 127 cm³/mol. The van der Waals surface area contributed by atoms with Gasteiger partial charge in [0, 0.05) is 37.6 Å². The number of nitrogens with zero attached hydrogens (tertiary/aromatic N) is 5. The van der Waals surface area contributed by atoms with Crippen molar-refractivity contribution in [3.05, 3.63) is 54.6 Å². The van der Waals surface area contributed by atoms with Gasteiger partial charge in [-0.3, -0.25) is 9.88 Å². The first kappa shape index (κ1) is 21.6. The highest BCUT2D eigenvalue weighted by molar-refractivity contribution is 5.88. The number of aromatic nitrogens is 3. The topological polar surface area (TPSA) is 75.7 Å². The molecule has 1 aliphatic heterocycles. The van der Waals surface area contributed by atoms with Gasteiger partial charge < -0.3 is 9.47 Å². The minimum absolute atomic E-state index is 0.110. The van der Waals surface area contributed by atoms with Crippen molar-refractivity contribution in [3.63, 3.8) is 0 Å². The molecule has 0 radical (unpaired) electrons. The maximum Gasteiger partial charge on any atom is 0.119 e. The lowest BCUT2D eigenvalue weighted by molar-refractivity contribution is 0.0358. The third-order valence-electron chi connectivity index (χ3n) is 6.49. The first-order valence-electron chi connectivity index (χ1n) is 11.8. The Labute approximate surface area is 194 Å². The standard InChI is InChI=1S/C26H29N5O2/c27-18-20-2-4-22(5-3-20)25-26-24(19-29-31(26)12-10-28-25)21-6-8-23(9-7-21)33-15-1-11-30-13-16-32-17-14-30/h4,6-10,12,19-20H,1-3,5,11,13-17H2. The van der Waals surface area contributed by atoms with E-state index in [1.54, 1.807) is 6.20 Å². The predicted octanol–water partition coefficient (Wildman–Crippen LogP) is 4.20. The van der Waals surface area contributed by atoms with Crippen molar-refractivity contribution in [1.29, 1.82) is 5.26 Å². The highest BCUT2D eigenvalue weighted by Crippen LogP contribution is 2.35. The second-order valence-electron chi connectivity index (χ2n) is 8.64. The average Bonchev–Trinajstić information content (AvgIpc) is 3.32. The molecule has 170 valence electrons. The molecule has 0 saturated carbocycles. The zero-order valence-corrected chi connectivity index (χ0v) is 18.8. The van der Waals surface area contributed by atoms with E-state index in [1.165, 1.54) is 5.57 Å². The number of nitriles is 1. The molecule has 1 atom stereocenters. The van der Waals surface area contributed by atoms with Crippen LogP contribution in [0.3, 0.4) is 0 Å². The molecule has 33 heavy (non-hydrogen) atoms. The fourth-order valence-electron chi connectivity index (χ4n) is 4.59. The van der Waals surface area contributed by atoms with E-state index in [2.05, 4.69) is 34.3 Å². The van der Waals surface area contributed by atoms with Gasteiger partial charge in [0.05, 0.1) is 49.2 Å². The van der Waals surface area contributed by atoms with Gasteiger partial charge in [0.15, 0.2) is 0 Å². The van der Waals surface area contributed by atoms with Gasteiger partial charge in [-0.05, 0) is 49.0 Å². The number of fused-ring (bicyclic) bond motifs is 1. The number of morpholine rings is 1. The van der Waals surface area contributed by atoms with Crippen molar-refractivity contribution in [2.45, 2.75) is 25.7 Å². The maximum absolute atomic E-state index is 9.20. The molecule has 2 aromatic heterocycles. The third-order valence-corrected chi connectivity index (χ3v) is 6.49. The van der Waals surface area contributed by atoms with Gasteiger partial charge in [0.2, 0.25) is 0 Å². The monoisotopic (exact) mass is 443 g/mol. The van der Waals surface area contributed by atoms with E-state index in [0.29, 0.717) is 6.61 Å². The van der Waals surface area contributed by atoms with Crippen molar-refractivity contribution in [2.24, 2.45) is 5.92 Å². The van der Waals surface area contributed by atoms with Crippen LogP contribution in [0, 0.1) is 17.2 Å². The Bertz CT molecular complexity index is 1160. The van der Waals surface area contributed by atoms with E-state index in [4.69, 9.17) is 14.5 Å².